The van der Waals surface area contributed by atoms with E-state index in [1.165, 1.54) is 5.56 Å². The Morgan fingerprint density at radius 3 is 2.72 bits per heavy atom. The monoisotopic (exact) mass is 364 g/mol. The first kappa shape index (κ1) is 18.2. The molecule has 3 rings (SSSR count). The van der Waals surface area contributed by atoms with Gasteiger partial charge in [0.2, 0.25) is 5.91 Å². The molecule has 6 nitrogen and oxygen atoms in total. The topological polar surface area (TPSA) is 55.9 Å². The molecular formula is C18H28N4O2S. The molecule has 1 spiro atoms. The van der Waals surface area contributed by atoms with Crippen LogP contribution in [0.4, 0.5) is 4.79 Å². The number of carbonyl (C=O) groups excluding carboxylic acids is 2. The van der Waals surface area contributed by atoms with Crippen LogP contribution in [0.1, 0.15) is 25.8 Å². The van der Waals surface area contributed by atoms with E-state index in [0.29, 0.717) is 19.5 Å². The molecular weight excluding hydrogens is 336 g/mol. The Labute approximate surface area is 153 Å². The smallest absolute Gasteiger partial charge is 0.317 e. The Bertz CT molecular complexity index is 619. The van der Waals surface area contributed by atoms with Crippen LogP contribution in [0.2, 0.25) is 0 Å². The van der Waals surface area contributed by atoms with Crippen molar-refractivity contribution in [3.63, 3.8) is 0 Å². The lowest BCUT2D eigenvalue weighted by molar-refractivity contribution is -0.126. The molecule has 2 aliphatic rings. The molecule has 0 radical (unpaired) electrons. The number of amides is 3. The van der Waals surface area contributed by atoms with E-state index < -0.39 is 0 Å². The molecule has 0 bridgehead atoms. The maximum Gasteiger partial charge on any atom is 0.317 e. The molecule has 7 heteroatoms. The van der Waals surface area contributed by atoms with Crippen molar-refractivity contribution in [1.29, 1.82) is 0 Å². The number of nitrogens with zero attached hydrogens (tertiary/aromatic N) is 3. The van der Waals surface area contributed by atoms with Crippen LogP contribution in [-0.4, -0.2) is 72.5 Å². The number of urea groups is 1. The number of hydrogen-bond acceptors (Lipinski definition) is 4. The lowest BCUT2D eigenvalue weighted by atomic mass is 9.86. The van der Waals surface area contributed by atoms with Crippen LogP contribution in [0.3, 0.4) is 0 Å². The van der Waals surface area contributed by atoms with Gasteiger partial charge in [0.1, 0.15) is 0 Å². The van der Waals surface area contributed by atoms with Gasteiger partial charge in [0.15, 0.2) is 0 Å². The van der Waals surface area contributed by atoms with Crippen molar-refractivity contribution in [2.75, 3.05) is 39.8 Å². The van der Waals surface area contributed by atoms with E-state index in [1.807, 2.05) is 30.7 Å². The van der Waals surface area contributed by atoms with Crippen molar-refractivity contribution >= 4 is 23.3 Å². The van der Waals surface area contributed by atoms with Gasteiger partial charge in [-0.15, -0.1) is 0 Å². The zero-order valence-electron chi connectivity index (χ0n) is 15.3. The first-order valence-electron chi connectivity index (χ1n) is 8.90. The number of likely N-dealkylation sites (tertiary alicyclic amines) is 1. The van der Waals surface area contributed by atoms with Crippen molar-refractivity contribution in [2.45, 2.75) is 32.9 Å². The fourth-order valence-corrected chi connectivity index (χ4v) is 4.61. The van der Waals surface area contributed by atoms with Crippen molar-refractivity contribution in [2.24, 2.45) is 5.41 Å². The minimum absolute atomic E-state index is 0.0197. The predicted octanol–water partition coefficient (Wildman–Crippen LogP) is 1.83. The molecule has 25 heavy (non-hydrogen) atoms. The summed E-state index contributed by atoms with van der Waals surface area (Å²) in [7, 11) is 1.86. The second-order valence-corrected chi connectivity index (χ2v) is 8.57. The average Bonchev–Trinajstić information content (AvgIpc) is 3.06. The second kappa shape index (κ2) is 7.33. The molecule has 2 fully saturated rings. The highest BCUT2D eigenvalue weighted by Gasteiger charge is 2.46. The molecule has 0 aliphatic carbocycles. The third kappa shape index (κ3) is 4.33. The zero-order chi connectivity index (χ0) is 18.0. The van der Waals surface area contributed by atoms with Gasteiger partial charge in [-0.05, 0) is 36.2 Å². The molecule has 1 unspecified atom stereocenters. The number of carbonyl (C=O) groups is 2. The van der Waals surface area contributed by atoms with E-state index >= 15 is 0 Å². The summed E-state index contributed by atoms with van der Waals surface area (Å²) in [6.45, 7) is 8.57. The van der Waals surface area contributed by atoms with Crippen LogP contribution in [0, 0.1) is 5.41 Å². The van der Waals surface area contributed by atoms with Gasteiger partial charge >= 0.3 is 6.03 Å². The van der Waals surface area contributed by atoms with Gasteiger partial charge in [-0.2, -0.15) is 11.3 Å². The summed E-state index contributed by atoms with van der Waals surface area (Å²) < 4.78 is 0. The first-order valence-corrected chi connectivity index (χ1v) is 9.84. The van der Waals surface area contributed by atoms with E-state index in [-0.39, 0.29) is 23.4 Å². The van der Waals surface area contributed by atoms with Crippen LogP contribution >= 0.6 is 11.3 Å². The van der Waals surface area contributed by atoms with Crippen LogP contribution in [-0.2, 0) is 11.3 Å². The van der Waals surface area contributed by atoms with E-state index in [2.05, 4.69) is 27.0 Å². The largest absolute Gasteiger partial charge is 0.345 e. The average molecular weight is 365 g/mol. The predicted molar refractivity (Wildman–Crippen MR) is 99.5 cm³/mol. The van der Waals surface area contributed by atoms with Crippen molar-refractivity contribution in [1.82, 2.24) is 20.0 Å². The van der Waals surface area contributed by atoms with Crippen LogP contribution in [0.5, 0.6) is 0 Å². The fourth-order valence-electron chi connectivity index (χ4n) is 3.95. The fraction of sp³-hybridized carbons (Fsp3) is 0.667. The quantitative estimate of drug-likeness (QED) is 0.890. The summed E-state index contributed by atoms with van der Waals surface area (Å²) >= 11 is 1.71. The number of hydrogen-bond donors (Lipinski definition) is 1. The maximum atomic E-state index is 12.6. The Morgan fingerprint density at radius 2 is 2.12 bits per heavy atom. The van der Waals surface area contributed by atoms with Crippen LogP contribution in [0.25, 0.3) is 0 Å². The Kier molecular flexibility index (Phi) is 5.34. The Balaban J connectivity index is 1.78. The van der Waals surface area contributed by atoms with E-state index in [9.17, 15) is 9.59 Å². The lowest BCUT2D eigenvalue weighted by Gasteiger charge is -2.33. The highest BCUT2D eigenvalue weighted by molar-refractivity contribution is 7.07. The first-order chi connectivity index (χ1) is 11.9. The number of thiophene rings is 1. The number of rotatable bonds is 3. The summed E-state index contributed by atoms with van der Waals surface area (Å²) in [6.07, 6.45) is 0.523. The van der Waals surface area contributed by atoms with Crippen molar-refractivity contribution in [3.05, 3.63) is 22.4 Å². The van der Waals surface area contributed by atoms with E-state index in [1.54, 1.807) is 11.3 Å². The maximum absolute atomic E-state index is 12.6. The third-order valence-corrected chi connectivity index (χ3v) is 5.71. The number of nitrogens with one attached hydrogen (secondary N) is 1. The van der Waals surface area contributed by atoms with Gasteiger partial charge in [0, 0.05) is 64.2 Å². The van der Waals surface area contributed by atoms with E-state index in [0.717, 1.165) is 26.2 Å². The third-order valence-electron chi connectivity index (χ3n) is 4.98. The Morgan fingerprint density at radius 1 is 1.32 bits per heavy atom. The molecule has 0 saturated carbocycles. The normalized spacial score (nSPS) is 25.0. The summed E-state index contributed by atoms with van der Waals surface area (Å²) in [4.78, 5) is 30.9. The molecule has 138 valence electrons. The van der Waals surface area contributed by atoms with Gasteiger partial charge in [-0.25, -0.2) is 4.79 Å². The molecule has 2 saturated heterocycles. The summed E-state index contributed by atoms with van der Waals surface area (Å²) in [6, 6.07) is 2.24. The van der Waals surface area contributed by atoms with Crippen LogP contribution in [0.15, 0.2) is 16.8 Å². The Hall–Kier alpha value is -1.60. The highest BCUT2D eigenvalue weighted by Crippen LogP contribution is 2.35. The van der Waals surface area contributed by atoms with Crippen LogP contribution < -0.4 is 5.32 Å². The molecule has 0 aromatic carbocycles. The minimum atomic E-state index is -0.174. The van der Waals surface area contributed by atoms with Gasteiger partial charge < -0.3 is 15.1 Å². The van der Waals surface area contributed by atoms with Gasteiger partial charge in [0.25, 0.3) is 0 Å². The summed E-state index contributed by atoms with van der Waals surface area (Å²) in [5.74, 6) is 0.182. The summed E-state index contributed by atoms with van der Waals surface area (Å²) in [5, 5.41) is 7.27. The SMILES string of the molecule is CC(C)NC(=O)N1CCN(Cc2ccsc2)CC2(CC(=O)N(C)C2)C1. The molecule has 1 aromatic heterocycles. The standard InChI is InChI=1S/C18H28N4O2S/c1-14(2)19-17(24)22-6-5-21(9-15-4-7-25-10-15)12-18(13-22)8-16(23)20(3)11-18/h4,7,10,14H,5-6,8-9,11-13H2,1-3H3,(H,19,24). The molecule has 1 N–H and O–H groups in total. The molecule has 2 aliphatic heterocycles. The summed E-state index contributed by atoms with van der Waals surface area (Å²) in [5.41, 5.74) is 1.13. The molecule has 1 aromatic rings. The van der Waals surface area contributed by atoms with Gasteiger partial charge in [0.05, 0.1) is 0 Å². The van der Waals surface area contributed by atoms with Gasteiger partial charge in [-0.3, -0.25) is 9.69 Å². The zero-order valence-corrected chi connectivity index (χ0v) is 16.1. The molecule has 3 heterocycles. The van der Waals surface area contributed by atoms with Crippen molar-refractivity contribution < 1.29 is 9.59 Å². The van der Waals surface area contributed by atoms with Crippen molar-refractivity contribution in [3.8, 4) is 0 Å². The highest BCUT2D eigenvalue weighted by atomic mass is 32.1. The molecule has 3 amide bonds. The van der Waals surface area contributed by atoms with E-state index in [4.69, 9.17) is 0 Å². The lowest BCUT2D eigenvalue weighted by Crippen LogP contribution is -2.48. The molecule has 1 atom stereocenters. The second-order valence-electron chi connectivity index (χ2n) is 7.79. The minimum Gasteiger partial charge on any atom is -0.345 e. The van der Waals surface area contributed by atoms with Gasteiger partial charge in [-0.1, -0.05) is 0 Å².